The van der Waals surface area contributed by atoms with Crippen molar-refractivity contribution in [3.63, 3.8) is 0 Å². The predicted molar refractivity (Wildman–Crippen MR) is 139 cm³/mol. The maximum absolute atomic E-state index is 13.2. The first-order valence-electron chi connectivity index (χ1n) is 11.3. The van der Waals surface area contributed by atoms with Gasteiger partial charge in [-0.2, -0.15) is 13.2 Å². The van der Waals surface area contributed by atoms with E-state index in [1.807, 2.05) is 0 Å². The Labute approximate surface area is 221 Å². The van der Waals surface area contributed by atoms with Gasteiger partial charge >= 0.3 is 6.18 Å². The Bertz CT molecular complexity index is 1280. The van der Waals surface area contributed by atoms with Crippen molar-refractivity contribution in [3.8, 4) is 5.75 Å². The fraction of sp³-hybridized carbons (Fsp3) is 0.231. The summed E-state index contributed by atoms with van der Waals surface area (Å²) in [7, 11) is 0. The first-order chi connectivity index (χ1) is 17.6. The lowest BCUT2D eigenvalue weighted by Crippen LogP contribution is -2.48. The molecule has 1 amide bonds. The van der Waals surface area contributed by atoms with E-state index in [2.05, 4.69) is 15.1 Å². The van der Waals surface area contributed by atoms with Crippen LogP contribution >= 0.6 is 23.8 Å². The number of amides is 1. The van der Waals surface area contributed by atoms with Crippen LogP contribution in [0.5, 0.6) is 5.75 Å². The van der Waals surface area contributed by atoms with Crippen molar-refractivity contribution in [2.45, 2.75) is 6.18 Å². The van der Waals surface area contributed by atoms with Crippen LogP contribution in [0.3, 0.4) is 0 Å². The van der Waals surface area contributed by atoms with Crippen molar-refractivity contribution >= 4 is 46.1 Å². The maximum atomic E-state index is 13.2. The Morgan fingerprint density at radius 2 is 1.70 bits per heavy atom. The number of hydrogen-bond acceptors (Lipinski definition) is 4. The van der Waals surface area contributed by atoms with E-state index in [0.29, 0.717) is 18.1 Å². The van der Waals surface area contributed by atoms with E-state index in [4.69, 9.17) is 28.6 Å². The smallest absolute Gasteiger partial charge is 0.416 e. The lowest BCUT2D eigenvalue weighted by Gasteiger charge is -2.37. The second-order valence-electron chi connectivity index (χ2n) is 8.32. The number of ether oxygens (including phenoxy) is 1. The molecule has 3 aromatic rings. The number of halogens is 5. The van der Waals surface area contributed by atoms with Gasteiger partial charge in [0.2, 0.25) is 0 Å². The van der Waals surface area contributed by atoms with Crippen molar-refractivity contribution in [1.82, 2.24) is 4.90 Å². The zero-order valence-electron chi connectivity index (χ0n) is 19.4. The second kappa shape index (κ2) is 11.4. The molecule has 1 aliphatic heterocycles. The van der Waals surface area contributed by atoms with Gasteiger partial charge in [-0.15, -0.1) is 0 Å². The quantitative estimate of drug-likeness (QED) is 0.300. The Morgan fingerprint density at radius 3 is 2.35 bits per heavy atom. The third-order valence-corrected chi connectivity index (χ3v) is 6.56. The van der Waals surface area contributed by atoms with Gasteiger partial charge < -0.3 is 19.9 Å². The molecule has 1 N–H and O–H groups in total. The molecule has 4 rings (SSSR count). The minimum Gasteiger partial charge on any atom is -0.482 e. The Hall–Kier alpha value is -3.37. The Balaban J connectivity index is 1.30. The number of carbonyl (C=O) groups excluding carboxylic acids is 1. The summed E-state index contributed by atoms with van der Waals surface area (Å²) < 4.78 is 57.2. The highest BCUT2D eigenvalue weighted by molar-refractivity contribution is 7.80. The number of rotatable bonds is 6. The Morgan fingerprint density at radius 1 is 1.00 bits per heavy atom. The van der Waals surface area contributed by atoms with E-state index in [1.54, 1.807) is 30.3 Å². The molecule has 0 radical (unpaired) electrons. The molecule has 1 fully saturated rings. The van der Waals surface area contributed by atoms with Gasteiger partial charge in [-0.05, 0) is 60.7 Å². The predicted octanol–water partition coefficient (Wildman–Crippen LogP) is 6.01. The van der Waals surface area contributed by atoms with Crippen molar-refractivity contribution in [1.29, 1.82) is 0 Å². The van der Waals surface area contributed by atoms with Gasteiger partial charge in [-0.1, -0.05) is 29.9 Å². The van der Waals surface area contributed by atoms with Crippen LogP contribution in [0, 0.1) is 5.82 Å². The molecule has 0 aliphatic carbocycles. The summed E-state index contributed by atoms with van der Waals surface area (Å²) in [6.45, 7) is 2.37. The van der Waals surface area contributed by atoms with Gasteiger partial charge in [0.25, 0.3) is 5.91 Å². The number of thiocarbonyl (C=S) groups is 1. The van der Waals surface area contributed by atoms with Gasteiger partial charge in [0.15, 0.2) is 6.61 Å². The monoisotopic (exact) mass is 551 g/mol. The summed E-state index contributed by atoms with van der Waals surface area (Å²) in [4.78, 5) is 17.0. The molecule has 0 spiro atoms. The third kappa shape index (κ3) is 6.90. The van der Waals surface area contributed by atoms with Crippen molar-refractivity contribution < 1.29 is 27.1 Å². The number of nitrogens with zero attached hydrogens (tertiary/aromatic N) is 2. The van der Waals surface area contributed by atoms with Gasteiger partial charge in [0, 0.05) is 43.1 Å². The van der Waals surface area contributed by atoms with Crippen LogP contribution in [0.15, 0.2) is 66.7 Å². The van der Waals surface area contributed by atoms with E-state index in [-0.39, 0.29) is 22.3 Å². The first-order valence-corrected chi connectivity index (χ1v) is 12.1. The van der Waals surface area contributed by atoms with E-state index in [1.165, 1.54) is 24.3 Å². The van der Waals surface area contributed by atoms with Crippen LogP contribution in [0.1, 0.15) is 11.1 Å². The highest BCUT2D eigenvalue weighted by Crippen LogP contribution is 2.31. The van der Waals surface area contributed by atoms with Crippen molar-refractivity contribution in [3.05, 3.63) is 88.7 Å². The lowest BCUT2D eigenvalue weighted by molar-refractivity contribution is -0.137. The molecule has 0 aromatic heterocycles. The van der Waals surface area contributed by atoms with Gasteiger partial charge in [0.1, 0.15) is 16.6 Å². The molecule has 1 aliphatic rings. The second-order valence-corrected chi connectivity index (χ2v) is 9.11. The number of piperazine rings is 1. The summed E-state index contributed by atoms with van der Waals surface area (Å²) in [5.74, 6) is -0.660. The topological polar surface area (TPSA) is 44.8 Å². The molecule has 0 atom stereocenters. The summed E-state index contributed by atoms with van der Waals surface area (Å²) in [5.41, 5.74) is 0.817. The van der Waals surface area contributed by atoms with Crippen LogP contribution < -0.4 is 15.0 Å². The summed E-state index contributed by atoms with van der Waals surface area (Å²) in [6.07, 6.45) is -4.51. The van der Waals surface area contributed by atoms with Crippen LogP contribution in [-0.4, -0.2) is 48.6 Å². The van der Waals surface area contributed by atoms with Gasteiger partial charge in [0.05, 0.1) is 10.6 Å². The molecule has 1 heterocycles. The molecule has 194 valence electrons. The fourth-order valence-corrected chi connectivity index (χ4v) is 4.41. The third-order valence-electron chi connectivity index (χ3n) is 5.77. The SMILES string of the molecule is O=C(COc1ccc(C(=S)N2CCN(c3ccc(F)cc3)CC2)cc1Cl)Nc1cccc(C(F)(F)F)c1. The summed E-state index contributed by atoms with van der Waals surface area (Å²) in [5, 5.41) is 2.62. The molecule has 3 aromatic carbocycles. The fourth-order valence-electron chi connectivity index (χ4n) is 3.87. The highest BCUT2D eigenvalue weighted by atomic mass is 35.5. The minimum absolute atomic E-state index is 0.00902. The molecule has 5 nitrogen and oxygen atoms in total. The van der Waals surface area contributed by atoms with E-state index < -0.39 is 24.3 Å². The number of carbonyl (C=O) groups is 1. The molecular formula is C26H22ClF4N3O2S. The van der Waals surface area contributed by atoms with Crippen LogP contribution in [0.25, 0.3) is 0 Å². The first kappa shape index (κ1) is 26.7. The Kier molecular flexibility index (Phi) is 8.19. The average molecular weight is 552 g/mol. The maximum Gasteiger partial charge on any atom is 0.416 e. The summed E-state index contributed by atoms with van der Waals surface area (Å²) >= 11 is 12.0. The molecule has 0 saturated carbocycles. The molecule has 0 bridgehead atoms. The highest BCUT2D eigenvalue weighted by Gasteiger charge is 2.30. The molecule has 11 heteroatoms. The zero-order valence-corrected chi connectivity index (χ0v) is 21.0. The summed E-state index contributed by atoms with van der Waals surface area (Å²) in [6, 6.07) is 15.7. The molecular weight excluding hydrogens is 530 g/mol. The van der Waals surface area contributed by atoms with Gasteiger partial charge in [-0.25, -0.2) is 4.39 Å². The van der Waals surface area contributed by atoms with Crippen LogP contribution in [-0.2, 0) is 11.0 Å². The van der Waals surface area contributed by atoms with E-state index >= 15 is 0 Å². The number of benzene rings is 3. The standard InChI is InChI=1S/C26H22ClF4N3O2S/c27-22-14-17(25(37)34-12-10-33(11-13-34)21-7-5-19(28)6-8-21)4-9-23(22)36-16-24(35)32-20-3-1-2-18(15-20)26(29,30)31/h1-9,14-15H,10-13,16H2,(H,32,35). The van der Waals surface area contributed by atoms with E-state index in [9.17, 15) is 22.4 Å². The number of hydrogen-bond donors (Lipinski definition) is 1. The van der Waals surface area contributed by atoms with E-state index in [0.717, 1.165) is 36.5 Å². The number of anilines is 2. The molecule has 0 unspecified atom stereocenters. The number of nitrogens with one attached hydrogen (secondary N) is 1. The van der Waals surface area contributed by atoms with Crippen LogP contribution in [0.2, 0.25) is 5.02 Å². The lowest BCUT2D eigenvalue weighted by atomic mass is 10.1. The van der Waals surface area contributed by atoms with Crippen molar-refractivity contribution in [2.75, 3.05) is 43.0 Å². The zero-order chi connectivity index (χ0) is 26.6. The normalized spacial score (nSPS) is 13.9. The number of alkyl halides is 3. The van der Waals surface area contributed by atoms with Crippen molar-refractivity contribution in [2.24, 2.45) is 0 Å². The average Bonchev–Trinajstić information content (AvgIpc) is 2.88. The molecule has 1 saturated heterocycles. The molecule has 37 heavy (non-hydrogen) atoms. The van der Waals surface area contributed by atoms with Crippen LogP contribution in [0.4, 0.5) is 28.9 Å². The largest absolute Gasteiger partial charge is 0.482 e. The minimum atomic E-state index is -4.51. The van der Waals surface area contributed by atoms with Gasteiger partial charge in [-0.3, -0.25) is 4.79 Å².